The van der Waals surface area contributed by atoms with Crippen LogP contribution in [0.2, 0.25) is 0 Å². The zero-order valence-electron chi connectivity index (χ0n) is 14.7. The zero-order chi connectivity index (χ0) is 15.8. The second kappa shape index (κ2) is 6.25. The van der Waals surface area contributed by atoms with Gasteiger partial charge in [0.05, 0.1) is 5.69 Å². The molecule has 0 radical (unpaired) electrons. The smallest absolute Gasteiger partial charge is 0.185 e. The molecule has 1 aliphatic rings. The Balaban J connectivity index is 2.30. The lowest BCUT2D eigenvalue weighted by Crippen LogP contribution is -2.33. The van der Waals surface area contributed by atoms with Gasteiger partial charge in [-0.25, -0.2) is 4.98 Å². The van der Waals surface area contributed by atoms with E-state index in [0.717, 1.165) is 13.0 Å². The fourth-order valence-corrected chi connectivity index (χ4v) is 4.31. The third kappa shape index (κ3) is 3.59. The molecule has 120 valence electrons. The number of fused-ring (bicyclic) bond motifs is 1. The van der Waals surface area contributed by atoms with Crippen molar-refractivity contribution < 1.29 is 0 Å². The fourth-order valence-electron chi connectivity index (χ4n) is 3.10. The van der Waals surface area contributed by atoms with Gasteiger partial charge in [-0.1, -0.05) is 46.0 Å². The van der Waals surface area contributed by atoms with E-state index in [0.29, 0.717) is 23.4 Å². The summed E-state index contributed by atoms with van der Waals surface area (Å²) in [5.41, 5.74) is 1.66. The monoisotopic (exact) mass is 309 g/mol. The molecule has 0 aromatic carbocycles. The second-order valence-electron chi connectivity index (χ2n) is 7.56. The standard InChI is InChI=1S/C17H31N3S/c1-8-18-13-9-17(5,6)10-14-15(13)21-16(19-14)20(7)12(4)11(2)3/h11-13,18H,8-10H2,1-7H3. The van der Waals surface area contributed by atoms with Crippen LogP contribution in [0.25, 0.3) is 0 Å². The predicted molar refractivity (Wildman–Crippen MR) is 93.3 cm³/mol. The molecule has 0 saturated heterocycles. The topological polar surface area (TPSA) is 28.2 Å². The summed E-state index contributed by atoms with van der Waals surface area (Å²) in [5.74, 6) is 0.636. The Hall–Kier alpha value is -0.610. The van der Waals surface area contributed by atoms with Crippen LogP contribution in [0, 0.1) is 11.3 Å². The Labute approximate surface area is 134 Å². The van der Waals surface area contributed by atoms with Gasteiger partial charge in [0.15, 0.2) is 5.13 Å². The molecule has 0 amide bonds. The van der Waals surface area contributed by atoms with E-state index < -0.39 is 0 Å². The molecule has 2 unspecified atom stereocenters. The summed E-state index contributed by atoms with van der Waals surface area (Å²) >= 11 is 1.89. The van der Waals surface area contributed by atoms with Crippen LogP contribution in [0.15, 0.2) is 0 Å². The molecule has 0 fully saturated rings. The van der Waals surface area contributed by atoms with Crippen LogP contribution in [0.5, 0.6) is 0 Å². The van der Waals surface area contributed by atoms with Crippen molar-refractivity contribution in [3.05, 3.63) is 10.6 Å². The van der Waals surface area contributed by atoms with Crippen LogP contribution < -0.4 is 10.2 Å². The first kappa shape index (κ1) is 16.8. The van der Waals surface area contributed by atoms with Gasteiger partial charge >= 0.3 is 0 Å². The highest BCUT2D eigenvalue weighted by molar-refractivity contribution is 7.15. The lowest BCUT2D eigenvalue weighted by molar-refractivity contribution is 0.260. The first-order valence-electron chi connectivity index (χ1n) is 8.21. The number of thiazole rings is 1. The van der Waals surface area contributed by atoms with Crippen LogP contribution in [0.4, 0.5) is 5.13 Å². The van der Waals surface area contributed by atoms with Crippen LogP contribution >= 0.6 is 11.3 Å². The second-order valence-corrected chi connectivity index (χ2v) is 8.57. The normalized spacial score (nSPS) is 22.2. The van der Waals surface area contributed by atoms with Crippen LogP contribution in [0.3, 0.4) is 0 Å². The first-order valence-corrected chi connectivity index (χ1v) is 9.02. The van der Waals surface area contributed by atoms with E-state index in [1.807, 2.05) is 11.3 Å². The van der Waals surface area contributed by atoms with Gasteiger partial charge in [0, 0.05) is 24.0 Å². The van der Waals surface area contributed by atoms with E-state index in [2.05, 4.69) is 58.8 Å². The summed E-state index contributed by atoms with van der Waals surface area (Å²) in [7, 11) is 2.18. The van der Waals surface area contributed by atoms with Crippen molar-refractivity contribution >= 4 is 16.5 Å². The van der Waals surface area contributed by atoms with E-state index in [9.17, 15) is 0 Å². The van der Waals surface area contributed by atoms with Crippen LogP contribution in [0.1, 0.15) is 64.6 Å². The summed E-state index contributed by atoms with van der Waals surface area (Å²) in [4.78, 5) is 8.80. The Morgan fingerprint density at radius 2 is 2.05 bits per heavy atom. The maximum Gasteiger partial charge on any atom is 0.185 e. The van der Waals surface area contributed by atoms with Crippen molar-refractivity contribution in [2.45, 2.75) is 66.5 Å². The summed E-state index contributed by atoms with van der Waals surface area (Å²) < 4.78 is 0. The molecule has 0 aliphatic heterocycles. The third-order valence-electron chi connectivity index (χ3n) is 4.76. The fraction of sp³-hybridized carbons (Fsp3) is 0.824. The zero-order valence-corrected chi connectivity index (χ0v) is 15.5. The van der Waals surface area contributed by atoms with Gasteiger partial charge in [0.1, 0.15) is 0 Å². The molecule has 1 N–H and O–H groups in total. The predicted octanol–water partition coefficient (Wildman–Crippen LogP) is 4.25. The van der Waals surface area contributed by atoms with Crippen molar-refractivity contribution in [1.82, 2.24) is 10.3 Å². The van der Waals surface area contributed by atoms with Gasteiger partial charge in [-0.2, -0.15) is 0 Å². The van der Waals surface area contributed by atoms with Gasteiger partial charge in [-0.15, -0.1) is 0 Å². The molecule has 1 heterocycles. The minimum Gasteiger partial charge on any atom is -0.348 e. The minimum absolute atomic E-state index is 0.341. The van der Waals surface area contributed by atoms with Crippen molar-refractivity contribution in [3.63, 3.8) is 0 Å². The highest BCUT2D eigenvalue weighted by Crippen LogP contribution is 2.44. The number of anilines is 1. The number of nitrogens with one attached hydrogen (secondary N) is 1. The lowest BCUT2D eigenvalue weighted by atomic mass is 9.76. The van der Waals surface area contributed by atoms with Gasteiger partial charge in [0.25, 0.3) is 0 Å². The van der Waals surface area contributed by atoms with Crippen molar-refractivity contribution in [2.24, 2.45) is 11.3 Å². The van der Waals surface area contributed by atoms with Crippen molar-refractivity contribution in [3.8, 4) is 0 Å². The molecule has 0 spiro atoms. The van der Waals surface area contributed by atoms with E-state index in [1.165, 1.54) is 22.1 Å². The molecule has 1 aliphatic carbocycles. The van der Waals surface area contributed by atoms with Gasteiger partial charge in [0.2, 0.25) is 0 Å². The molecule has 1 aromatic heterocycles. The molecule has 2 atom stereocenters. The SMILES string of the molecule is CCNC1CC(C)(C)Cc2nc(N(C)C(C)C(C)C)sc21. The molecule has 2 rings (SSSR count). The minimum atomic E-state index is 0.341. The summed E-state index contributed by atoms with van der Waals surface area (Å²) in [6.07, 6.45) is 2.31. The van der Waals surface area contributed by atoms with Crippen molar-refractivity contribution in [1.29, 1.82) is 0 Å². The molecule has 4 heteroatoms. The largest absolute Gasteiger partial charge is 0.348 e. The van der Waals surface area contributed by atoms with Gasteiger partial charge in [-0.3, -0.25) is 0 Å². The number of nitrogens with zero attached hydrogens (tertiary/aromatic N) is 2. The highest BCUT2D eigenvalue weighted by Gasteiger charge is 2.35. The van der Waals surface area contributed by atoms with Gasteiger partial charge in [-0.05, 0) is 37.6 Å². The van der Waals surface area contributed by atoms with E-state index in [-0.39, 0.29) is 0 Å². The Morgan fingerprint density at radius 1 is 1.38 bits per heavy atom. The number of aromatic nitrogens is 1. The molecule has 3 nitrogen and oxygen atoms in total. The number of hydrogen-bond acceptors (Lipinski definition) is 4. The summed E-state index contributed by atoms with van der Waals surface area (Å²) in [6, 6.07) is 0.992. The first-order chi connectivity index (χ1) is 9.75. The molecule has 0 saturated carbocycles. The molecule has 21 heavy (non-hydrogen) atoms. The molecule has 1 aromatic rings. The van der Waals surface area contributed by atoms with E-state index in [1.54, 1.807) is 0 Å². The quantitative estimate of drug-likeness (QED) is 0.881. The highest BCUT2D eigenvalue weighted by atomic mass is 32.1. The third-order valence-corrected chi connectivity index (χ3v) is 6.07. The Bertz CT molecular complexity index is 478. The maximum absolute atomic E-state index is 4.99. The molecule has 0 bridgehead atoms. The molecular formula is C17H31N3S. The van der Waals surface area contributed by atoms with Crippen molar-refractivity contribution in [2.75, 3.05) is 18.5 Å². The summed E-state index contributed by atoms with van der Waals surface area (Å²) in [5, 5.41) is 4.83. The maximum atomic E-state index is 4.99. The van der Waals surface area contributed by atoms with Crippen LogP contribution in [-0.2, 0) is 6.42 Å². The average Bonchev–Trinajstić information content (AvgIpc) is 2.79. The number of hydrogen-bond donors (Lipinski definition) is 1. The van der Waals surface area contributed by atoms with E-state index in [4.69, 9.17) is 4.98 Å². The van der Waals surface area contributed by atoms with Crippen LogP contribution in [-0.4, -0.2) is 24.6 Å². The Kier molecular flexibility index (Phi) is 4.99. The van der Waals surface area contributed by atoms with E-state index >= 15 is 0 Å². The van der Waals surface area contributed by atoms with Gasteiger partial charge < -0.3 is 10.2 Å². The average molecular weight is 310 g/mol. The Morgan fingerprint density at radius 3 is 2.62 bits per heavy atom. The number of rotatable bonds is 5. The lowest BCUT2D eigenvalue weighted by Gasteiger charge is -2.34. The summed E-state index contributed by atoms with van der Waals surface area (Å²) in [6.45, 7) is 14.8. The molecular weight excluding hydrogens is 278 g/mol.